The molecule has 9 heteroatoms. The van der Waals surface area contributed by atoms with E-state index in [1.165, 1.54) is 0 Å². The van der Waals surface area contributed by atoms with Crippen LogP contribution in [0.25, 0.3) is 0 Å². The number of nitrogens with one attached hydrogen (secondary N) is 2. The third-order valence-corrected chi connectivity index (χ3v) is 6.29. The Labute approximate surface area is 234 Å². The van der Waals surface area contributed by atoms with E-state index < -0.39 is 35.7 Å². The summed E-state index contributed by atoms with van der Waals surface area (Å²) in [5, 5.41) is 5.60. The van der Waals surface area contributed by atoms with Crippen molar-refractivity contribution in [2.24, 2.45) is 5.92 Å². The van der Waals surface area contributed by atoms with Crippen molar-refractivity contribution >= 4 is 23.9 Å². The van der Waals surface area contributed by atoms with Crippen LogP contribution in [0.1, 0.15) is 97.7 Å². The standard InChI is InChI=1S/C30H49N3O6/c1-9-12-13-19-33(28(36)25(22(5)10-2)32-29(37)39-30(6,7)8)26(23-16-14-15-21(4)20-23)27(35)31-18-17-24(34)38-11-3/h14-16,20,22,25-26H,9-13,17-19H2,1-8H3,(H,31,35)(H,32,37). The van der Waals surface area contributed by atoms with Crippen molar-refractivity contribution in [1.82, 2.24) is 15.5 Å². The molecule has 0 saturated heterocycles. The van der Waals surface area contributed by atoms with Gasteiger partial charge in [-0.1, -0.05) is 69.9 Å². The second kappa shape index (κ2) is 16.8. The van der Waals surface area contributed by atoms with Gasteiger partial charge in [0, 0.05) is 13.1 Å². The third kappa shape index (κ3) is 12.1. The SMILES string of the molecule is CCCCCN(C(=O)C(NC(=O)OC(C)(C)C)C(C)CC)C(C(=O)NCCC(=O)OCC)c1cccc(C)c1. The molecule has 1 aromatic carbocycles. The molecular weight excluding hydrogens is 498 g/mol. The van der Waals surface area contributed by atoms with Crippen LogP contribution in [0.15, 0.2) is 24.3 Å². The summed E-state index contributed by atoms with van der Waals surface area (Å²) in [5.41, 5.74) is 0.883. The number of unbranched alkanes of at least 4 members (excludes halogenated alkanes) is 2. The van der Waals surface area contributed by atoms with Gasteiger partial charge in [-0.2, -0.15) is 0 Å². The average Bonchev–Trinajstić information content (AvgIpc) is 2.85. The topological polar surface area (TPSA) is 114 Å². The first-order valence-corrected chi connectivity index (χ1v) is 14.1. The average molecular weight is 548 g/mol. The van der Waals surface area contributed by atoms with Crippen LogP contribution in [0.3, 0.4) is 0 Å². The van der Waals surface area contributed by atoms with Gasteiger partial charge in [0.25, 0.3) is 0 Å². The van der Waals surface area contributed by atoms with Gasteiger partial charge in [-0.25, -0.2) is 4.79 Å². The molecule has 0 aliphatic heterocycles. The Morgan fingerprint density at radius 2 is 1.74 bits per heavy atom. The zero-order chi connectivity index (χ0) is 29.6. The van der Waals surface area contributed by atoms with Gasteiger partial charge in [-0.15, -0.1) is 0 Å². The fourth-order valence-corrected chi connectivity index (χ4v) is 4.13. The Bertz CT molecular complexity index is 943. The van der Waals surface area contributed by atoms with Gasteiger partial charge in [0.2, 0.25) is 11.8 Å². The minimum absolute atomic E-state index is 0.0274. The highest BCUT2D eigenvalue weighted by Gasteiger charge is 2.38. The molecule has 0 aromatic heterocycles. The predicted octanol–water partition coefficient (Wildman–Crippen LogP) is 5.06. The van der Waals surface area contributed by atoms with Gasteiger partial charge < -0.3 is 25.0 Å². The molecule has 0 aliphatic carbocycles. The molecule has 0 saturated carbocycles. The number of amides is 3. The summed E-state index contributed by atoms with van der Waals surface area (Å²) in [4.78, 5) is 54.0. The molecule has 39 heavy (non-hydrogen) atoms. The Kier molecular flexibility index (Phi) is 14.6. The van der Waals surface area contributed by atoms with Crippen LogP contribution >= 0.6 is 0 Å². The molecule has 2 N–H and O–H groups in total. The molecule has 3 amide bonds. The minimum Gasteiger partial charge on any atom is -0.466 e. The van der Waals surface area contributed by atoms with E-state index in [0.29, 0.717) is 24.9 Å². The molecular formula is C30H49N3O6. The van der Waals surface area contributed by atoms with Gasteiger partial charge in [-0.05, 0) is 52.5 Å². The summed E-state index contributed by atoms with van der Waals surface area (Å²) in [6.07, 6.45) is 2.49. The number of hydrogen-bond acceptors (Lipinski definition) is 6. The van der Waals surface area contributed by atoms with Crippen molar-refractivity contribution in [2.45, 2.75) is 105 Å². The maximum atomic E-state index is 14.2. The van der Waals surface area contributed by atoms with E-state index in [1.54, 1.807) is 32.6 Å². The summed E-state index contributed by atoms with van der Waals surface area (Å²) in [5.74, 6) is -1.35. The normalized spacial score (nSPS) is 13.5. The lowest BCUT2D eigenvalue weighted by Gasteiger charge is -2.36. The zero-order valence-corrected chi connectivity index (χ0v) is 25.1. The van der Waals surface area contributed by atoms with Crippen LogP contribution in [0, 0.1) is 12.8 Å². The zero-order valence-electron chi connectivity index (χ0n) is 25.1. The number of aryl methyl sites for hydroxylation is 1. The molecule has 9 nitrogen and oxygen atoms in total. The number of esters is 1. The second-order valence-corrected chi connectivity index (χ2v) is 10.9. The van der Waals surface area contributed by atoms with Gasteiger partial charge in [0.15, 0.2) is 0 Å². The van der Waals surface area contributed by atoms with E-state index in [0.717, 1.165) is 18.4 Å². The largest absolute Gasteiger partial charge is 0.466 e. The molecule has 0 bridgehead atoms. The van der Waals surface area contributed by atoms with E-state index in [4.69, 9.17) is 9.47 Å². The number of ether oxygens (including phenoxy) is 2. The van der Waals surface area contributed by atoms with E-state index in [-0.39, 0.29) is 31.4 Å². The predicted molar refractivity (Wildman–Crippen MR) is 152 cm³/mol. The first-order chi connectivity index (χ1) is 18.3. The molecule has 3 atom stereocenters. The van der Waals surface area contributed by atoms with Crippen molar-refractivity contribution in [3.63, 3.8) is 0 Å². The lowest BCUT2D eigenvalue weighted by molar-refractivity contribution is -0.145. The minimum atomic E-state index is -0.941. The molecule has 3 unspecified atom stereocenters. The van der Waals surface area contributed by atoms with Crippen molar-refractivity contribution in [2.75, 3.05) is 19.7 Å². The van der Waals surface area contributed by atoms with Gasteiger partial charge in [-0.3, -0.25) is 14.4 Å². The monoisotopic (exact) mass is 547 g/mol. The lowest BCUT2D eigenvalue weighted by atomic mass is 9.95. The van der Waals surface area contributed by atoms with Crippen molar-refractivity contribution in [3.8, 4) is 0 Å². The molecule has 1 rings (SSSR count). The van der Waals surface area contributed by atoms with Crippen molar-refractivity contribution in [3.05, 3.63) is 35.4 Å². The number of alkyl carbamates (subject to hydrolysis) is 1. The van der Waals surface area contributed by atoms with E-state index in [9.17, 15) is 19.2 Å². The van der Waals surface area contributed by atoms with Crippen LogP contribution < -0.4 is 10.6 Å². The van der Waals surface area contributed by atoms with E-state index >= 15 is 0 Å². The quantitative estimate of drug-likeness (QED) is 0.234. The number of benzene rings is 1. The highest BCUT2D eigenvalue weighted by molar-refractivity contribution is 5.92. The van der Waals surface area contributed by atoms with Crippen LogP contribution in [-0.2, 0) is 23.9 Å². The van der Waals surface area contributed by atoms with Gasteiger partial charge >= 0.3 is 12.1 Å². The summed E-state index contributed by atoms with van der Waals surface area (Å²) >= 11 is 0. The number of carbonyl (C=O) groups is 4. The Morgan fingerprint density at radius 1 is 1.05 bits per heavy atom. The first-order valence-electron chi connectivity index (χ1n) is 14.1. The van der Waals surface area contributed by atoms with Crippen molar-refractivity contribution in [1.29, 1.82) is 0 Å². The fraction of sp³-hybridized carbons (Fsp3) is 0.667. The Balaban J connectivity index is 3.44. The third-order valence-electron chi connectivity index (χ3n) is 6.29. The lowest BCUT2D eigenvalue weighted by Crippen LogP contribution is -2.55. The molecule has 0 spiro atoms. The number of rotatable bonds is 15. The highest BCUT2D eigenvalue weighted by Crippen LogP contribution is 2.26. The summed E-state index contributed by atoms with van der Waals surface area (Å²) in [6, 6.07) is 5.66. The molecule has 220 valence electrons. The molecule has 0 aliphatic rings. The van der Waals surface area contributed by atoms with Crippen LogP contribution in [-0.4, -0.2) is 60.1 Å². The summed E-state index contributed by atoms with van der Waals surface area (Å²) in [6.45, 7) is 15.5. The van der Waals surface area contributed by atoms with E-state index in [2.05, 4.69) is 17.6 Å². The molecule has 1 aromatic rings. The second-order valence-electron chi connectivity index (χ2n) is 10.9. The maximum Gasteiger partial charge on any atom is 0.408 e. The molecule has 0 radical (unpaired) electrons. The highest BCUT2D eigenvalue weighted by atomic mass is 16.6. The van der Waals surface area contributed by atoms with Gasteiger partial charge in [0.1, 0.15) is 17.7 Å². The van der Waals surface area contributed by atoms with Crippen LogP contribution in [0.2, 0.25) is 0 Å². The van der Waals surface area contributed by atoms with Crippen LogP contribution in [0.4, 0.5) is 4.79 Å². The number of carbonyl (C=O) groups excluding carboxylic acids is 4. The first kappa shape index (κ1) is 33.9. The number of nitrogens with zero attached hydrogens (tertiary/aromatic N) is 1. The van der Waals surface area contributed by atoms with Crippen LogP contribution in [0.5, 0.6) is 0 Å². The smallest absolute Gasteiger partial charge is 0.408 e. The maximum absolute atomic E-state index is 14.2. The van der Waals surface area contributed by atoms with Crippen molar-refractivity contribution < 1.29 is 28.7 Å². The van der Waals surface area contributed by atoms with E-state index in [1.807, 2.05) is 45.0 Å². The number of hydrogen-bond donors (Lipinski definition) is 2. The molecule has 0 heterocycles. The Morgan fingerprint density at radius 3 is 2.31 bits per heavy atom. The fourth-order valence-electron chi connectivity index (χ4n) is 4.13. The molecule has 0 fully saturated rings. The van der Waals surface area contributed by atoms with Gasteiger partial charge in [0.05, 0.1) is 13.0 Å². The Hall–Kier alpha value is -3.10. The summed E-state index contributed by atoms with van der Waals surface area (Å²) < 4.78 is 10.4. The summed E-state index contributed by atoms with van der Waals surface area (Å²) in [7, 11) is 0.